The maximum absolute atomic E-state index is 11.0. The summed E-state index contributed by atoms with van der Waals surface area (Å²) >= 11 is 0. The molecule has 1 aliphatic carbocycles. The minimum atomic E-state index is -0.387. The third kappa shape index (κ3) is 2.33. The van der Waals surface area contributed by atoms with Gasteiger partial charge >= 0.3 is 5.69 Å². The first-order chi connectivity index (χ1) is 8.95. The molecule has 0 spiro atoms. The minimum absolute atomic E-state index is 0.0406. The first kappa shape index (κ1) is 13.5. The van der Waals surface area contributed by atoms with E-state index in [1.165, 1.54) is 0 Å². The van der Waals surface area contributed by atoms with Gasteiger partial charge in [-0.3, -0.25) is 14.8 Å². The summed E-state index contributed by atoms with van der Waals surface area (Å²) in [6.45, 7) is 5.52. The van der Waals surface area contributed by atoms with Crippen LogP contribution in [0.5, 0.6) is 0 Å². The van der Waals surface area contributed by atoms with Gasteiger partial charge in [-0.2, -0.15) is 10.4 Å². The van der Waals surface area contributed by atoms with Crippen LogP contribution in [0.1, 0.15) is 43.6 Å². The Hall–Kier alpha value is -1.90. The summed E-state index contributed by atoms with van der Waals surface area (Å²) in [5, 5.41) is 24.6. The summed E-state index contributed by atoms with van der Waals surface area (Å²) in [4.78, 5) is 10.7. The van der Waals surface area contributed by atoms with Crippen LogP contribution >= 0.6 is 0 Å². The predicted molar refractivity (Wildman–Crippen MR) is 69.5 cm³/mol. The summed E-state index contributed by atoms with van der Waals surface area (Å²) in [6.07, 6.45) is 2.74. The van der Waals surface area contributed by atoms with Gasteiger partial charge in [-0.1, -0.05) is 6.92 Å². The van der Waals surface area contributed by atoms with Crippen LogP contribution in [0.15, 0.2) is 0 Å². The average Bonchev–Trinajstić information content (AvgIpc) is 2.64. The van der Waals surface area contributed by atoms with Crippen molar-refractivity contribution in [3.8, 4) is 6.07 Å². The van der Waals surface area contributed by atoms with Gasteiger partial charge < -0.3 is 0 Å². The summed E-state index contributed by atoms with van der Waals surface area (Å²) in [5.74, 6) is 0.423. The Balaban J connectivity index is 2.43. The zero-order chi connectivity index (χ0) is 14.2. The van der Waals surface area contributed by atoms with Crippen molar-refractivity contribution in [1.29, 1.82) is 5.26 Å². The molecular formula is C13H18N4O2. The first-order valence-corrected chi connectivity index (χ1v) is 6.55. The molecule has 102 valence electrons. The third-order valence-corrected chi connectivity index (χ3v) is 4.03. The Morgan fingerprint density at radius 3 is 2.68 bits per heavy atom. The van der Waals surface area contributed by atoms with Gasteiger partial charge in [-0.05, 0) is 39.0 Å². The normalized spacial score (nSPS) is 26.9. The molecule has 2 rings (SSSR count). The smallest absolute Gasteiger partial charge is 0.258 e. The van der Waals surface area contributed by atoms with E-state index in [1.807, 2.05) is 0 Å². The van der Waals surface area contributed by atoms with Crippen molar-refractivity contribution >= 4 is 5.69 Å². The van der Waals surface area contributed by atoms with Crippen molar-refractivity contribution in [3.63, 3.8) is 0 Å². The van der Waals surface area contributed by atoms with E-state index in [-0.39, 0.29) is 22.6 Å². The summed E-state index contributed by atoms with van der Waals surface area (Å²) in [5.41, 5.74) is 1.06. The molecule has 1 heterocycles. The van der Waals surface area contributed by atoms with Gasteiger partial charge in [0.1, 0.15) is 11.4 Å². The fourth-order valence-corrected chi connectivity index (χ4v) is 3.01. The highest BCUT2D eigenvalue weighted by Crippen LogP contribution is 2.38. The number of aromatic nitrogens is 2. The van der Waals surface area contributed by atoms with Gasteiger partial charge in [0.2, 0.25) is 0 Å². The number of nitro groups is 1. The van der Waals surface area contributed by atoms with E-state index in [0.717, 1.165) is 19.3 Å². The van der Waals surface area contributed by atoms with Gasteiger partial charge in [0.25, 0.3) is 0 Å². The van der Waals surface area contributed by atoms with Gasteiger partial charge in [-0.15, -0.1) is 0 Å². The number of aryl methyl sites for hydroxylation is 1. The lowest BCUT2D eigenvalue weighted by molar-refractivity contribution is -0.386. The molecule has 6 heteroatoms. The Kier molecular flexibility index (Phi) is 3.56. The van der Waals surface area contributed by atoms with E-state index in [1.54, 1.807) is 18.5 Å². The van der Waals surface area contributed by atoms with Crippen LogP contribution < -0.4 is 0 Å². The molecule has 1 aliphatic rings. The molecular weight excluding hydrogens is 244 g/mol. The molecule has 6 nitrogen and oxygen atoms in total. The van der Waals surface area contributed by atoms with Crippen molar-refractivity contribution in [2.75, 3.05) is 0 Å². The number of hydrogen-bond acceptors (Lipinski definition) is 4. The quantitative estimate of drug-likeness (QED) is 0.605. The number of nitriles is 1. The lowest BCUT2D eigenvalue weighted by atomic mass is 9.80. The maximum Gasteiger partial charge on any atom is 0.312 e. The summed E-state index contributed by atoms with van der Waals surface area (Å²) in [6, 6.07) is 2.29. The molecule has 0 amide bonds. The number of rotatable bonds is 2. The second-order valence-electron chi connectivity index (χ2n) is 5.44. The molecule has 1 saturated carbocycles. The van der Waals surface area contributed by atoms with Gasteiger partial charge in [0.05, 0.1) is 23.0 Å². The van der Waals surface area contributed by atoms with E-state index in [4.69, 9.17) is 0 Å². The van der Waals surface area contributed by atoms with Crippen molar-refractivity contribution in [2.24, 2.45) is 11.8 Å². The van der Waals surface area contributed by atoms with Gasteiger partial charge in [0, 0.05) is 0 Å². The highest BCUT2D eigenvalue weighted by atomic mass is 16.6. The van der Waals surface area contributed by atoms with E-state index in [0.29, 0.717) is 17.3 Å². The molecule has 1 aromatic rings. The molecule has 0 aliphatic heterocycles. The molecule has 0 radical (unpaired) electrons. The molecule has 0 saturated heterocycles. The largest absolute Gasteiger partial charge is 0.312 e. The molecule has 0 N–H and O–H groups in total. The van der Waals surface area contributed by atoms with Crippen LogP contribution in [0.2, 0.25) is 0 Å². The van der Waals surface area contributed by atoms with E-state index < -0.39 is 0 Å². The second-order valence-corrected chi connectivity index (χ2v) is 5.44. The lowest BCUT2D eigenvalue weighted by Gasteiger charge is -2.31. The van der Waals surface area contributed by atoms with Gasteiger partial charge in [0.15, 0.2) is 0 Å². The molecule has 0 aromatic carbocycles. The zero-order valence-corrected chi connectivity index (χ0v) is 11.5. The average molecular weight is 262 g/mol. The lowest BCUT2D eigenvalue weighted by Crippen LogP contribution is -2.27. The zero-order valence-electron chi connectivity index (χ0n) is 11.5. The highest BCUT2D eigenvalue weighted by molar-refractivity contribution is 5.39. The number of hydrogen-bond donors (Lipinski definition) is 0. The summed E-state index contributed by atoms with van der Waals surface area (Å²) in [7, 11) is 0. The monoisotopic (exact) mass is 262 g/mol. The maximum atomic E-state index is 11.0. The van der Waals surface area contributed by atoms with Crippen molar-refractivity contribution in [1.82, 2.24) is 9.78 Å². The van der Waals surface area contributed by atoms with Crippen LogP contribution in [0.25, 0.3) is 0 Å². The Labute approximate surface area is 112 Å². The van der Waals surface area contributed by atoms with E-state index in [9.17, 15) is 15.4 Å². The Bertz CT molecular complexity index is 544. The van der Waals surface area contributed by atoms with Crippen molar-refractivity contribution < 1.29 is 4.92 Å². The Morgan fingerprint density at radius 1 is 1.47 bits per heavy atom. The topological polar surface area (TPSA) is 84.8 Å². The standard InChI is InChI=1S/C13H18N4O2/c1-8-4-5-11(7-14)12(6-8)16-10(3)13(17(18)19)9(2)15-16/h8,11-12H,4-6H2,1-3H3. The Morgan fingerprint density at radius 2 is 2.16 bits per heavy atom. The highest BCUT2D eigenvalue weighted by Gasteiger charge is 2.34. The summed E-state index contributed by atoms with van der Waals surface area (Å²) < 4.78 is 1.71. The van der Waals surface area contributed by atoms with Crippen LogP contribution in [0.4, 0.5) is 5.69 Å². The fourth-order valence-electron chi connectivity index (χ4n) is 3.01. The molecule has 19 heavy (non-hydrogen) atoms. The second kappa shape index (κ2) is 5.00. The van der Waals surface area contributed by atoms with Crippen molar-refractivity contribution in [3.05, 3.63) is 21.5 Å². The molecule has 1 fully saturated rings. The predicted octanol–water partition coefficient (Wildman–Crippen LogP) is 2.91. The van der Waals surface area contributed by atoms with Crippen LogP contribution in [0, 0.1) is 47.1 Å². The SMILES string of the molecule is Cc1nn(C2CC(C)CCC2C#N)c(C)c1[N+](=O)[O-]. The molecule has 3 unspecified atom stereocenters. The molecule has 0 bridgehead atoms. The van der Waals surface area contributed by atoms with Gasteiger partial charge in [-0.25, -0.2) is 0 Å². The fraction of sp³-hybridized carbons (Fsp3) is 0.692. The molecule has 1 aromatic heterocycles. The third-order valence-electron chi connectivity index (χ3n) is 4.03. The van der Waals surface area contributed by atoms with Crippen LogP contribution in [0.3, 0.4) is 0 Å². The number of nitrogens with zero attached hydrogens (tertiary/aromatic N) is 4. The first-order valence-electron chi connectivity index (χ1n) is 6.55. The minimum Gasteiger partial charge on any atom is -0.258 e. The van der Waals surface area contributed by atoms with Crippen LogP contribution in [-0.4, -0.2) is 14.7 Å². The van der Waals surface area contributed by atoms with E-state index in [2.05, 4.69) is 18.1 Å². The van der Waals surface area contributed by atoms with Crippen LogP contribution in [-0.2, 0) is 0 Å². The molecule has 3 atom stereocenters. The van der Waals surface area contributed by atoms with Crippen molar-refractivity contribution in [2.45, 2.75) is 46.1 Å². The van der Waals surface area contributed by atoms with E-state index >= 15 is 0 Å².